The molecule has 0 spiro atoms. The normalized spacial score (nSPS) is 11.1. The average molecular weight is 394 g/mol. The van der Waals surface area contributed by atoms with Gasteiger partial charge >= 0.3 is 0 Å². The van der Waals surface area contributed by atoms with E-state index < -0.39 is 10.0 Å². The highest BCUT2D eigenvalue weighted by Gasteiger charge is 2.15. The predicted octanol–water partition coefficient (Wildman–Crippen LogP) is 4.29. The highest BCUT2D eigenvalue weighted by molar-refractivity contribution is 7.92. The van der Waals surface area contributed by atoms with Crippen molar-refractivity contribution in [1.82, 2.24) is 0 Å². The fraction of sp³-hybridized carbons (Fsp3) is 0.136. The van der Waals surface area contributed by atoms with Gasteiger partial charge in [-0.1, -0.05) is 54.1 Å². The van der Waals surface area contributed by atoms with E-state index in [0.717, 1.165) is 16.7 Å². The van der Waals surface area contributed by atoms with Crippen LogP contribution in [0.2, 0.25) is 0 Å². The lowest BCUT2D eigenvalue weighted by molar-refractivity contribution is -0.115. The molecule has 0 fully saturated rings. The number of hydrogen-bond donors (Lipinski definition) is 2. The van der Waals surface area contributed by atoms with Crippen LogP contribution in [0.15, 0.2) is 77.7 Å². The summed E-state index contributed by atoms with van der Waals surface area (Å²) in [7, 11) is -3.70. The van der Waals surface area contributed by atoms with Crippen molar-refractivity contribution in [2.75, 3.05) is 10.0 Å². The molecule has 0 aliphatic heterocycles. The second-order valence-electron chi connectivity index (χ2n) is 6.66. The predicted molar refractivity (Wildman–Crippen MR) is 112 cm³/mol. The van der Waals surface area contributed by atoms with Gasteiger partial charge in [0.1, 0.15) is 0 Å². The Balaban J connectivity index is 1.75. The third-order valence-electron chi connectivity index (χ3n) is 4.27. The molecule has 3 aromatic carbocycles. The molecule has 0 radical (unpaired) electrons. The first kappa shape index (κ1) is 19.6. The first-order valence-electron chi connectivity index (χ1n) is 8.87. The number of rotatable bonds is 6. The zero-order valence-electron chi connectivity index (χ0n) is 15.8. The highest BCUT2D eigenvalue weighted by atomic mass is 32.2. The number of aryl methyl sites for hydroxylation is 2. The van der Waals surface area contributed by atoms with E-state index in [1.54, 1.807) is 43.3 Å². The number of sulfonamides is 1. The summed E-state index contributed by atoms with van der Waals surface area (Å²) in [6, 6.07) is 21.1. The van der Waals surface area contributed by atoms with E-state index in [0.29, 0.717) is 11.4 Å². The number of amides is 1. The quantitative estimate of drug-likeness (QED) is 0.655. The Morgan fingerprint density at radius 1 is 0.893 bits per heavy atom. The van der Waals surface area contributed by atoms with Gasteiger partial charge < -0.3 is 5.32 Å². The molecule has 5 nitrogen and oxygen atoms in total. The summed E-state index contributed by atoms with van der Waals surface area (Å²) in [5.41, 5.74) is 3.75. The SMILES string of the molecule is Cc1cccc(CC(=O)Nc2ccc(C)c(NS(=O)(=O)c3ccccc3)c2)c1. The van der Waals surface area contributed by atoms with Crippen LogP contribution in [0.3, 0.4) is 0 Å². The van der Waals surface area contributed by atoms with Crippen LogP contribution in [0.25, 0.3) is 0 Å². The Bertz CT molecular complexity index is 1090. The molecule has 0 aliphatic rings. The summed E-state index contributed by atoms with van der Waals surface area (Å²) < 4.78 is 27.7. The molecule has 3 rings (SSSR count). The second kappa shape index (κ2) is 8.27. The van der Waals surface area contributed by atoms with E-state index in [4.69, 9.17) is 0 Å². The van der Waals surface area contributed by atoms with Crippen molar-refractivity contribution in [3.63, 3.8) is 0 Å². The van der Waals surface area contributed by atoms with Crippen LogP contribution in [0.5, 0.6) is 0 Å². The van der Waals surface area contributed by atoms with Gasteiger partial charge in [-0.05, 0) is 49.2 Å². The lowest BCUT2D eigenvalue weighted by Gasteiger charge is -2.13. The van der Waals surface area contributed by atoms with Crippen LogP contribution in [-0.2, 0) is 21.2 Å². The summed E-state index contributed by atoms with van der Waals surface area (Å²) in [5, 5.41) is 2.83. The van der Waals surface area contributed by atoms with Crippen molar-refractivity contribution >= 4 is 27.3 Å². The zero-order valence-corrected chi connectivity index (χ0v) is 16.6. The molecule has 0 heterocycles. The van der Waals surface area contributed by atoms with E-state index in [1.807, 2.05) is 31.2 Å². The molecule has 0 aliphatic carbocycles. The van der Waals surface area contributed by atoms with Crippen molar-refractivity contribution in [3.05, 3.63) is 89.5 Å². The van der Waals surface area contributed by atoms with E-state index in [1.165, 1.54) is 12.1 Å². The molecule has 0 atom stereocenters. The van der Waals surface area contributed by atoms with Crippen LogP contribution in [0.1, 0.15) is 16.7 Å². The van der Waals surface area contributed by atoms with Gasteiger partial charge in [-0.15, -0.1) is 0 Å². The van der Waals surface area contributed by atoms with Crippen LogP contribution >= 0.6 is 0 Å². The van der Waals surface area contributed by atoms with Gasteiger partial charge in [0, 0.05) is 5.69 Å². The Kier molecular flexibility index (Phi) is 5.80. The first-order valence-corrected chi connectivity index (χ1v) is 10.4. The summed E-state index contributed by atoms with van der Waals surface area (Å²) in [4.78, 5) is 12.5. The minimum Gasteiger partial charge on any atom is -0.326 e. The Morgan fingerprint density at radius 2 is 1.64 bits per heavy atom. The summed E-state index contributed by atoms with van der Waals surface area (Å²) >= 11 is 0. The van der Waals surface area contributed by atoms with Gasteiger partial charge in [0.25, 0.3) is 10.0 Å². The van der Waals surface area contributed by atoms with Gasteiger partial charge in [0.2, 0.25) is 5.91 Å². The van der Waals surface area contributed by atoms with E-state index in [9.17, 15) is 13.2 Å². The number of nitrogens with one attached hydrogen (secondary N) is 2. The number of hydrogen-bond acceptors (Lipinski definition) is 3. The molecule has 0 unspecified atom stereocenters. The molecular weight excluding hydrogens is 372 g/mol. The number of benzene rings is 3. The van der Waals surface area contributed by atoms with E-state index in [2.05, 4.69) is 10.0 Å². The van der Waals surface area contributed by atoms with Crippen LogP contribution < -0.4 is 10.0 Å². The lowest BCUT2D eigenvalue weighted by atomic mass is 10.1. The summed E-state index contributed by atoms with van der Waals surface area (Å²) in [6.07, 6.45) is 0.251. The van der Waals surface area contributed by atoms with Crippen LogP contribution in [-0.4, -0.2) is 14.3 Å². The van der Waals surface area contributed by atoms with Crippen LogP contribution in [0, 0.1) is 13.8 Å². The maximum Gasteiger partial charge on any atom is 0.261 e. The highest BCUT2D eigenvalue weighted by Crippen LogP contribution is 2.23. The van der Waals surface area contributed by atoms with E-state index in [-0.39, 0.29) is 17.2 Å². The first-order chi connectivity index (χ1) is 13.3. The lowest BCUT2D eigenvalue weighted by Crippen LogP contribution is -2.16. The maximum absolute atomic E-state index is 12.6. The summed E-state index contributed by atoms with van der Waals surface area (Å²) in [5.74, 6) is -0.161. The monoisotopic (exact) mass is 394 g/mol. The third-order valence-corrected chi connectivity index (χ3v) is 5.65. The van der Waals surface area contributed by atoms with Crippen molar-refractivity contribution in [2.24, 2.45) is 0 Å². The van der Waals surface area contributed by atoms with Gasteiger partial charge in [0.15, 0.2) is 0 Å². The standard InChI is InChI=1S/C22H22N2O3S/c1-16-7-6-8-18(13-16)14-22(25)23-19-12-11-17(2)21(15-19)24-28(26,27)20-9-4-3-5-10-20/h3-13,15,24H,14H2,1-2H3,(H,23,25). The maximum atomic E-state index is 12.6. The van der Waals surface area contributed by atoms with Crippen molar-refractivity contribution in [2.45, 2.75) is 25.2 Å². The molecule has 2 N–H and O–H groups in total. The minimum absolute atomic E-state index is 0.161. The minimum atomic E-state index is -3.70. The van der Waals surface area contributed by atoms with Crippen molar-refractivity contribution in [1.29, 1.82) is 0 Å². The second-order valence-corrected chi connectivity index (χ2v) is 8.34. The topological polar surface area (TPSA) is 75.3 Å². The molecular formula is C22H22N2O3S. The summed E-state index contributed by atoms with van der Waals surface area (Å²) in [6.45, 7) is 3.79. The molecule has 0 aromatic heterocycles. The van der Waals surface area contributed by atoms with Gasteiger partial charge in [-0.2, -0.15) is 0 Å². The number of anilines is 2. The molecule has 1 amide bonds. The number of carbonyl (C=O) groups excluding carboxylic acids is 1. The molecule has 0 bridgehead atoms. The smallest absolute Gasteiger partial charge is 0.261 e. The van der Waals surface area contributed by atoms with Crippen molar-refractivity contribution < 1.29 is 13.2 Å². The van der Waals surface area contributed by atoms with Gasteiger partial charge in [-0.3, -0.25) is 9.52 Å². The fourth-order valence-electron chi connectivity index (χ4n) is 2.83. The van der Waals surface area contributed by atoms with Crippen LogP contribution in [0.4, 0.5) is 11.4 Å². The Labute approximate surface area is 165 Å². The van der Waals surface area contributed by atoms with E-state index >= 15 is 0 Å². The fourth-order valence-corrected chi connectivity index (χ4v) is 3.97. The molecule has 3 aromatic rings. The molecule has 28 heavy (non-hydrogen) atoms. The molecule has 0 saturated carbocycles. The Morgan fingerprint density at radius 3 is 2.36 bits per heavy atom. The molecule has 6 heteroatoms. The van der Waals surface area contributed by atoms with Gasteiger partial charge in [-0.25, -0.2) is 8.42 Å². The zero-order chi connectivity index (χ0) is 20.1. The number of carbonyl (C=O) groups is 1. The molecule has 144 valence electrons. The van der Waals surface area contributed by atoms with Gasteiger partial charge in [0.05, 0.1) is 17.0 Å². The third kappa shape index (κ3) is 4.98. The Hall–Kier alpha value is -3.12. The largest absolute Gasteiger partial charge is 0.326 e. The average Bonchev–Trinajstić information content (AvgIpc) is 2.65. The molecule has 0 saturated heterocycles. The van der Waals surface area contributed by atoms with Crippen molar-refractivity contribution in [3.8, 4) is 0 Å².